The number of aromatic nitrogens is 1. The first-order chi connectivity index (χ1) is 7.15. The Morgan fingerprint density at radius 3 is 2.67 bits per heavy atom. The number of hydrogen-bond donors (Lipinski definition) is 1. The highest BCUT2D eigenvalue weighted by atomic mass is 16.3. The third-order valence-electron chi connectivity index (χ3n) is 2.05. The van der Waals surface area contributed by atoms with Crippen LogP contribution in [0, 0.1) is 11.3 Å². The van der Waals surface area contributed by atoms with Crippen LogP contribution in [0.1, 0.15) is 5.56 Å². The fourth-order valence-electron chi connectivity index (χ4n) is 1.29. The van der Waals surface area contributed by atoms with Crippen LogP contribution in [0.5, 0.6) is 5.75 Å². The molecule has 0 aliphatic carbocycles. The van der Waals surface area contributed by atoms with Crippen LogP contribution in [-0.2, 0) is 0 Å². The van der Waals surface area contributed by atoms with Crippen LogP contribution < -0.4 is 15.4 Å². The zero-order chi connectivity index (χ0) is 11.0. The van der Waals surface area contributed by atoms with E-state index in [4.69, 9.17) is 10.4 Å². The van der Waals surface area contributed by atoms with E-state index in [1.165, 1.54) is 17.0 Å². The Hall–Kier alpha value is -2.48. The van der Waals surface area contributed by atoms with Crippen LogP contribution in [-0.4, -0.2) is 5.11 Å². The maximum atomic E-state index is 11.1. The molecule has 0 unspecified atom stereocenters. The Morgan fingerprint density at radius 1 is 1.33 bits per heavy atom. The molecule has 1 heterocycles. The summed E-state index contributed by atoms with van der Waals surface area (Å²) in [6.07, 6.45) is 2.85. The lowest BCUT2D eigenvalue weighted by molar-refractivity contribution is -0.598. The van der Waals surface area contributed by atoms with Crippen LogP contribution in [0.15, 0.2) is 34.1 Å². The number of rotatable bonds is 1. The Morgan fingerprint density at radius 2 is 2.07 bits per heavy atom. The first-order valence-corrected chi connectivity index (χ1v) is 4.09. The molecule has 1 aromatic heterocycles. The molecule has 2 rings (SSSR count). The van der Waals surface area contributed by atoms with E-state index >= 15 is 0 Å². The fraction of sp³-hybridized carbons (Fsp3) is 0. The summed E-state index contributed by atoms with van der Waals surface area (Å²) < 4.78 is 1.26. The summed E-state index contributed by atoms with van der Waals surface area (Å²) in [5, 5.41) is 17.8. The summed E-state index contributed by atoms with van der Waals surface area (Å²) in [5.41, 5.74) is -1.38. The lowest BCUT2D eigenvalue weighted by Crippen LogP contribution is -2.46. The van der Waals surface area contributed by atoms with Gasteiger partial charge in [0.1, 0.15) is 11.6 Å². The van der Waals surface area contributed by atoms with Gasteiger partial charge in [-0.25, -0.2) is 0 Å². The van der Waals surface area contributed by atoms with Gasteiger partial charge in [0, 0.05) is 6.07 Å². The van der Waals surface area contributed by atoms with E-state index in [0.29, 0.717) is 5.56 Å². The van der Waals surface area contributed by atoms with Crippen LogP contribution in [0.2, 0.25) is 0 Å². The average Bonchev–Trinajstić information content (AvgIpc) is 2.29. The molecule has 5 heteroatoms. The molecule has 15 heavy (non-hydrogen) atoms. The van der Waals surface area contributed by atoms with Gasteiger partial charge in [0.25, 0.3) is 5.43 Å². The molecule has 0 spiro atoms. The van der Waals surface area contributed by atoms with Gasteiger partial charge in [-0.2, -0.15) is 9.83 Å². The highest BCUT2D eigenvalue weighted by molar-refractivity contribution is 5.44. The first kappa shape index (κ1) is 9.09. The third kappa shape index (κ3) is 1.20. The fourth-order valence-corrected chi connectivity index (χ4v) is 1.29. The molecule has 0 atom stereocenters. The Bertz CT molecular complexity index is 645. The molecular weight excluding hydrogens is 196 g/mol. The lowest BCUT2D eigenvalue weighted by atomic mass is 10.2. The van der Waals surface area contributed by atoms with E-state index in [1.807, 2.05) is 6.07 Å². The molecular formula is C10H5N2O3+. The number of pyridine rings is 1. The molecule has 2 aromatic rings. The Kier molecular flexibility index (Phi) is 1.83. The molecule has 0 saturated heterocycles. The van der Waals surface area contributed by atoms with E-state index in [9.17, 15) is 9.59 Å². The molecule has 0 amide bonds. The normalized spacial score (nSPS) is 10.1. The quantitative estimate of drug-likeness (QED) is 0.480. The average molecular weight is 201 g/mol. The van der Waals surface area contributed by atoms with E-state index in [2.05, 4.69) is 0 Å². The van der Waals surface area contributed by atoms with Gasteiger partial charge < -0.3 is 5.11 Å². The second-order valence-electron chi connectivity index (χ2n) is 2.97. The number of hydrogen-bond acceptors (Lipinski definition) is 4. The highest BCUT2D eigenvalue weighted by Gasteiger charge is 2.29. The third-order valence-corrected chi connectivity index (χ3v) is 2.05. The SMILES string of the molecule is N#Cc1ccc[n+](-c2c(O)c(=O)c2=O)c1. The monoisotopic (exact) mass is 201 g/mol. The van der Waals surface area contributed by atoms with Gasteiger partial charge in [0.05, 0.1) is 0 Å². The van der Waals surface area contributed by atoms with Crippen molar-refractivity contribution in [2.75, 3.05) is 0 Å². The van der Waals surface area contributed by atoms with Gasteiger partial charge >= 0.3 is 11.1 Å². The highest BCUT2D eigenvalue weighted by Crippen LogP contribution is 2.07. The van der Waals surface area contributed by atoms with Gasteiger partial charge in [-0.05, 0) is 6.07 Å². The lowest BCUT2D eigenvalue weighted by Gasteiger charge is -1.98. The predicted molar refractivity (Wildman–Crippen MR) is 49.3 cm³/mol. The first-order valence-electron chi connectivity index (χ1n) is 4.09. The predicted octanol–water partition coefficient (Wildman–Crippen LogP) is -0.863. The van der Waals surface area contributed by atoms with Crippen molar-refractivity contribution in [3.63, 3.8) is 0 Å². The van der Waals surface area contributed by atoms with Gasteiger partial charge in [0.2, 0.25) is 5.75 Å². The minimum Gasteiger partial charge on any atom is -0.499 e. The Labute approximate surface area is 83.8 Å². The minimum absolute atomic E-state index is 0.0860. The van der Waals surface area contributed by atoms with E-state index in [1.54, 1.807) is 12.1 Å². The van der Waals surface area contributed by atoms with Gasteiger partial charge in [-0.3, -0.25) is 9.59 Å². The molecule has 1 N–H and O–H groups in total. The summed E-state index contributed by atoms with van der Waals surface area (Å²) in [6.45, 7) is 0. The number of aromatic hydroxyl groups is 1. The van der Waals surface area contributed by atoms with Gasteiger partial charge in [0.15, 0.2) is 12.4 Å². The van der Waals surface area contributed by atoms with Crippen molar-refractivity contribution in [1.82, 2.24) is 0 Å². The van der Waals surface area contributed by atoms with Crippen LogP contribution in [0.25, 0.3) is 5.69 Å². The Balaban J connectivity index is 2.63. The number of nitrogens with zero attached hydrogens (tertiary/aromatic N) is 2. The van der Waals surface area contributed by atoms with E-state index in [-0.39, 0.29) is 5.69 Å². The molecule has 0 aliphatic rings. The van der Waals surface area contributed by atoms with Crippen molar-refractivity contribution in [3.8, 4) is 17.5 Å². The van der Waals surface area contributed by atoms with E-state index < -0.39 is 16.6 Å². The topological polar surface area (TPSA) is 82.0 Å². The molecule has 5 nitrogen and oxygen atoms in total. The largest absolute Gasteiger partial charge is 0.499 e. The van der Waals surface area contributed by atoms with Gasteiger partial charge in [-0.15, -0.1) is 0 Å². The second kappa shape index (κ2) is 3.03. The summed E-state index contributed by atoms with van der Waals surface area (Å²) in [7, 11) is 0. The minimum atomic E-state index is -0.889. The molecule has 0 fully saturated rings. The number of nitriles is 1. The summed E-state index contributed by atoms with van der Waals surface area (Å²) in [5.74, 6) is -0.555. The second-order valence-corrected chi connectivity index (χ2v) is 2.97. The van der Waals surface area contributed by atoms with Crippen molar-refractivity contribution >= 4 is 0 Å². The van der Waals surface area contributed by atoms with Crippen LogP contribution in [0.4, 0.5) is 0 Å². The van der Waals surface area contributed by atoms with Crippen LogP contribution >= 0.6 is 0 Å². The van der Waals surface area contributed by atoms with Crippen molar-refractivity contribution in [2.24, 2.45) is 0 Å². The zero-order valence-corrected chi connectivity index (χ0v) is 7.47. The molecule has 0 aliphatic heterocycles. The molecule has 0 saturated carbocycles. The van der Waals surface area contributed by atoms with Crippen molar-refractivity contribution in [1.29, 1.82) is 5.26 Å². The zero-order valence-electron chi connectivity index (χ0n) is 7.47. The molecule has 1 aromatic carbocycles. The summed E-state index contributed by atoms with van der Waals surface area (Å²) in [6, 6.07) is 5.00. The molecule has 0 bridgehead atoms. The standard InChI is InChI=1S/C10H4N2O3/c11-4-6-2-1-3-12(5-6)7-8(13)10(15)9(7)14/h1-3,5H/p+1. The van der Waals surface area contributed by atoms with Crippen molar-refractivity contribution in [2.45, 2.75) is 0 Å². The molecule has 72 valence electrons. The van der Waals surface area contributed by atoms with E-state index in [0.717, 1.165) is 0 Å². The maximum Gasteiger partial charge on any atom is 0.309 e. The maximum absolute atomic E-state index is 11.1. The van der Waals surface area contributed by atoms with Crippen molar-refractivity contribution < 1.29 is 9.67 Å². The summed E-state index contributed by atoms with van der Waals surface area (Å²) in [4.78, 5) is 21.9. The van der Waals surface area contributed by atoms with Crippen molar-refractivity contribution in [3.05, 3.63) is 50.5 Å². The molecule has 0 radical (unpaired) electrons. The summed E-state index contributed by atoms with van der Waals surface area (Å²) >= 11 is 0. The van der Waals surface area contributed by atoms with Gasteiger partial charge in [-0.1, -0.05) is 0 Å². The van der Waals surface area contributed by atoms with Crippen LogP contribution in [0.3, 0.4) is 0 Å². The smallest absolute Gasteiger partial charge is 0.309 e.